The Kier molecular flexibility index (Phi) is 5.51. The molecule has 0 aliphatic heterocycles. The third-order valence-corrected chi connectivity index (χ3v) is 11.4. The molecule has 0 spiro atoms. The Hall–Kier alpha value is -3.60. The first kappa shape index (κ1) is 20.7. The first-order valence-corrected chi connectivity index (χ1v) is 12.2. The van der Waals surface area contributed by atoms with Crippen molar-refractivity contribution >= 4 is 24.3 Å². The van der Waals surface area contributed by atoms with E-state index >= 15 is 0 Å². The van der Waals surface area contributed by atoms with Gasteiger partial charge >= 0.3 is 0 Å². The van der Waals surface area contributed by atoms with Crippen molar-refractivity contribution in [2.24, 2.45) is 5.11 Å². The van der Waals surface area contributed by atoms with Crippen LogP contribution >= 0.6 is 0 Å². The molecule has 2 aromatic carbocycles. The minimum absolute atomic E-state index is 0.0160. The van der Waals surface area contributed by atoms with Gasteiger partial charge in [0.1, 0.15) is 0 Å². The molecule has 0 aliphatic carbocycles. The minimum Gasteiger partial charge on any atom is -0.371 e. The quantitative estimate of drug-likeness (QED) is 0.170. The van der Waals surface area contributed by atoms with Crippen molar-refractivity contribution < 1.29 is 0 Å². The van der Waals surface area contributed by atoms with Gasteiger partial charge in [0.15, 0.2) is 0 Å². The smallest absolute Gasteiger partial charge is 0.229 e. The van der Waals surface area contributed by atoms with Gasteiger partial charge in [0, 0.05) is 23.5 Å². The second-order valence-corrected chi connectivity index (χ2v) is 13.2. The number of hydrogen-bond acceptors (Lipinski definition) is 2. The maximum absolute atomic E-state index is 8.96. The molecule has 0 unspecified atom stereocenters. The standard InChI is InChI=1S/C25H25N5Si/c1-25(2,3)31(21-10-6-4-7-11-21,22-12-8-5-9-13-22)30-17-15-20(19-30)23-14-16-27-18-24(23)28-29-26/h4-19H,1-3H3. The zero-order valence-corrected chi connectivity index (χ0v) is 19.0. The van der Waals surface area contributed by atoms with Gasteiger partial charge in [0.2, 0.25) is 8.24 Å². The van der Waals surface area contributed by atoms with Crippen LogP contribution in [-0.2, 0) is 0 Å². The van der Waals surface area contributed by atoms with Crippen LogP contribution in [0.5, 0.6) is 0 Å². The summed E-state index contributed by atoms with van der Waals surface area (Å²) in [6.07, 6.45) is 7.71. The van der Waals surface area contributed by atoms with E-state index in [-0.39, 0.29) is 5.04 Å². The molecule has 31 heavy (non-hydrogen) atoms. The molecule has 0 amide bonds. The van der Waals surface area contributed by atoms with Gasteiger partial charge < -0.3 is 4.23 Å². The summed E-state index contributed by atoms with van der Waals surface area (Å²) in [7, 11) is -2.48. The van der Waals surface area contributed by atoms with Crippen LogP contribution in [0.1, 0.15) is 20.8 Å². The summed E-state index contributed by atoms with van der Waals surface area (Å²) in [5.41, 5.74) is 11.4. The number of aromatic nitrogens is 2. The lowest BCUT2D eigenvalue weighted by Crippen LogP contribution is -2.69. The van der Waals surface area contributed by atoms with Crippen LogP contribution in [-0.4, -0.2) is 17.5 Å². The van der Waals surface area contributed by atoms with E-state index in [9.17, 15) is 0 Å². The second-order valence-electron chi connectivity index (χ2n) is 8.58. The average Bonchev–Trinajstić information content (AvgIpc) is 3.25. The van der Waals surface area contributed by atoms with Crippen LogP contribution in [0, 0.1) is 0 Å². The number of hydrogen-bond donors (Lipinski definition) is 0. The van der Waals surface area contributed by atoms with Gasteiger partial charge in [0.25, 0.3) is 0 Å². The monoisotopic (exact) mass is 423 g/mol. The highest BCUT2D eigenvalue weighted by Gasteiger charge is 2.49. The molecule has 0 atom stereocenters. The van der Waals surface area contributed by atoms with Crippen LogP contribution in [0.4, 0.5) is 5.69 Å². The molecule has 0 radical (unpaired) electrons. The van der Waals surface area contributed by atoms with Crippen molar-refractivity contribution in [2.75, 3.05) is 0 Å². The molecule has 4 rings (SSSR count). The molecule has 6 heteroatoms. The van der Waals surface area contributed by atoms with Crippen molar-refractivity contribution in [3.63, 3.8) is 0 Å². The molecule has 0 N–H and O–H groups in total. The summed E-state index contributed by atoms with van der Waals surface area (Å²) in [5.74, 6) is 0. The molecule has 0 bridgehead atoms. The van der Waals surface area contributed by atoms with E-state index < -0.39 is 8.24 Å². The Morgan fingerprint density at radius 1 is 0.903 bits per heavy atom. The lowest BCUT2D eigenvalue weighted by atomic mass is 10.1. The van der Waals surface area contributed by atoms with Crippen LogP contribution in [0.25, 0.3) is 21.6 Å². The molecule has 5 nitrogen and oxygen atoms in total. The van der Waals surface area contributed by atoms with Gasteiger partial charge in [-0.1, -0.05) is 86.5 Å². The van der Waals surface area contributed by atoms with Crippen molar-refractivity contribution in [2.45, 2.75) is 25.8 Å². The maximum Gasteiger partial charge on any atom is 0.229 e. The highest BCUT2D eigenvalue weighted by Crippen LogP contribution is 2.39. The zero-order valence-electron chi connectivity index (χ0n) is 18.0. The molecule has 0 saturated heterocycles. The molecular formula is C25H25N5Si. The largest absolute Gasteiger partial charge is 0.371 e. The van der Waals surface area contributed by atoms with Crippen LogP contribution in [0.15, 0.2) is 103 Å². The Bertz CT molecular complexity index is 1180. The summed E-state index contributed by atoms with van der Waals surface area (Å²) in [5, 5.41) is 6.52. The molecule has 0 aliphatic rings. The molecule has 0 fully saturated rings. The van der Waals surface area contributed by atoms with E-state index in [1.807, 2.05) is 6.07 Å². The highest BCUT2D eigenvalue weighted by atomic mass is 28.3. The van der Waals surface area contributed by atoms with E-state index in [0.29, 0.717) is 5.69 Å². The molecule has 0 saturated carbocycles. The summed E-state index contributed by atoms with van der Waals surface area (Å²) in [6.45, 7) is 6.99. The molecular weight excluding hydrogens is 398 g/mol. The fraction of sp³-hybridized carbons (Fsp3) is 0.160. The first-order valence-electron chi connectivity index (χ1n) is 10.3. The Balaban J connectivity index is 2.00. The molecule has 2 heterocycles. The van der Waals surface area contributed by atoms with E-state index in [4.69, 9.17) is 5.53 Å². The average molecular weight is 424 g/mol. The van der Waals surface area contributed by atoms with Crippen molar-refractivity contribution in [3.05, 3.63) is 108 Å². The van der Waals surface area contributed by atoms with Crippen molar-refractivity contribution in [3.8, 4) is 11.1 Å². The minimum atomic E-state index is -2.48. The van der Waals surface area contributed by atoms with E-state index in [0.717, 1.165) is 11.1 Å². The van der Waals surface area contributed by atoms with Gasteiger partial charge in [-0.25, -0.2) is 0 Å². The van der Waals surface area contributed by atoms with Gasteiger partial charge in [-0.2, -0.15) is 0 Å². The number of rotatable bonds is 5. The van der Waals surface area contributed by atoms with Crippen LogP contribution < -0.4 is 10.4 Å². The third kappa shape index (κ3) is 3.56. The number of benzene rings is 2. The van der Waals surface area contributed by atoms with E-state index in [1.54, 1.807) is 12.4 Å². The fourth-order valence-electron chi connectivity index (χ4n) is 4.60. The topological polar surface area (TPSA) is 66.6 Å². The van der Waals surface area contributed by atoms with Gasteiger partial charge in [0.05, 0.1) is 5.69 Å². The summed E-state index contributed by atoms with van der Waals surface area (Å²) < 4.78 is 2.42. The van der Waals surface area contributed by atoms with Crippen molar-refractivity contribution in [1.82, 2.24) is 9.22 Å². The highest BCUT2D eigenvalue weighted by molar-refractivity contribution is 7.03. The van der Waals surface area contributed by atoms with Gasteiger partial charge in [-0.15, -0.1) is 0 Å². The molecule has 2 aromatic heterocycles. The van der Waals surface area contributed by atoms with Crippen LogP contribution in [0.2, 0.25) is 5.04 Å². The maximum atomic E-state index is 8.96. The third-order valence-electron chi connectivity index (χ3n) is 5.81. The predicted octanol–water partition coefficient (Wildman–Crippen LogP) is 5.90. The first-order chi connectivity index (χ1) is 15.0. The fourth-order valence-corrected chi connectivity index (χ4v) is 10.0. The number of nitrogens with zero attached hydrogens (tertiary/aromatic N) is 5. The second kappa shape index (κ2) is 8.26. The summed E-state index contributed by atoms with van der Waals surface area (Å²) in [4.78, 5) is 7.09. The number of pyridine rings is 1. The summed E-state index contributed by atoms with van der Waals surface area (Å²) >= 11 is 0. The van der Waals surface area contributed by atoms with E-state index in [1.165, 1.54) is 10.4 Å². The van der Waals surface area contributed by atoms with Gasteiger partial charge in [-0.05, 0) is 50.4 Å². The Morgan fingerprint density at radius 2 is 1.52 bits per heavy atom. The van der Waals surface area contributed by atoms with Crippen LogP contribution in [0.3, 0.4) is 0 Å². The Labute approximate surface area is 183 Å². The lowest BCUT2D eigenvalue weighted by Gasteiger charge is -2.44. The van der Waals surface area contributed by atoms with E-state index in [2.05, 4.69) is 119 Å². The number of azide groups is 1. The SMILES string of the molecule is CC(C)(C)[Si](c1ccccc1)(c1ccccc1)n1ccc(-c2ccncc2N=[N+]=[N-])c1. The van der Waals surface area contributed by atoms with Crippen molar-refractivity contribution in [1.29, 1.82) is 0 Å². The lowest BCUT2D eigenvalue weighted by molar-refractivity contribution is 0.713. The normalized spacial score (nSPS) is 11.7. The zero-order chi connectivity index (χ0) is 21.9. The predicted molar refractivity (Wildman–Crippen MR) is 129 cm³/mol. The molecule has 154 valence electrons. The summed E-state index contributed by atoms with van der Waals surface area (Å²) in [6, 6.07) is 25.6. The van der Waals surface area contributed by atoms with Gasteiger partial charge in [-0.3, -0.25) is 4.98 Å². The Morgan fingerprint density at radius 3 is 2.06 bits per heavy atom. The molecule has 4 aromatic rings.